The number of rotatable bonds is 5. The van der Waals surface area contributed by atoms with Gasteiger partial charge in [0, 0.05) is 35.7 Å². The first kappa shape index (κ1) is 16.1. The molecular formula is C18H17Cl2N3. The van der Waals surface area contributed by atoms with E-state index in [0.29, 0.717) is 0 Å². The van der Waals surface area contributed by atoms with E-state index in [4.69, 9.17) is 23.2 Å². The highest BCUT2D eigenvalue weighted by molar-refractivity contribution is 6.31. The van der Waals surface area contributed by atoms with Crippen molar-refractivity contribution in [2.24, 2.45) is 7.05 Å². The van der Waals surface area contributed by atoms with Gasteiger partial charge in [0.25, 0.3) is 0 Å². The van der Waals surface area contributed by atoms with Gasteiger partial charge in [0.15, 0.2) is 0 Å². The highest BCUT2D eigenvalue weighted by atomic mass is 35.5. The van der Waals surface area contributed by atoms with Crippen LogP contribution >= 0.6 is 23.2 Å². The summed E-state index contributed by atoms with van der Waals surface area (Å²) in [5.41, 5.74) is 4.21. The molecule has 5 heteroatoms. The molecule has 0 aliphatic heterocycles. The van der Waals surface area contributed by atoms with Gasteiger partial charge in [-0.05, 0) is 29.8 Å². The number of aromatic nitrogens is 2. The smallest absolute Gasteiger partial charge is 0.0926 e. The van der Waals surface area contributed by atoms with E-state index in [9.17, 15) is 0 Å². The quantitative estimate of drug-likeness (QED) is 0.727. The number of nitrogens with one attached hydrogen (secondary N) is 1. The summed E-state index contributed by atoms with van der Waals surface area (Å²) in [5.74, 6) is 0. The van der Waals surface area contributed by atoms with Gasteiger partial charge in [-0.1, -0.05) is 53.5 Å². The number of hydrogen-bond acceptors (Lipinski definition) is 2. The number of aryl methyl sites for hydroxylation is 1. The second-order valence-electron chi connectivity index (χ2n) is 5.35. The highest BCUT2D eigenvalue weighted by Crippen LogP contribution is 2.21. The molecule has 0 unspecified atom stereocenters. The van der Waals surface area contributed by atoms with Gasteiger partial charge in [-0.3, -0.25) is 4.68 Å². The van der Waals surface area contributed by atoms with Crippen molar-refractivity contribution in [3.05, 3.63) is 75.9 Å². The highest BCUT2D eigenvalue weighted by Gasteiger charge is 2.07. The summed E-state index contributed by atoms with van der Waals surface area (Å²) < 4.78 is 1.89. The van der Waals surface area contributed by atoms with E-state index >= 15 is 0 Å². The molecule has 0 fully saturated rings. The first-order chi connectivity index (χ1) is 11.1. The molecule has 2 aromatic carbocycles. The molecule has 0 spiro atoms. The zero-order valence-corrected chi connectivity index (χ0v) is 14.3. The zero-order chi connectivity index (χ0) is 16.2. The van der Waals surface area contributed by atoms with Crippen molar-refractivity contribution in [1.82, 2.24) is 15.1 Å². The van der Waals surface area contributed by atoms with E-state index in [1.54, 1.807) is 0 Å². The molecule has 3 aromatic rings. The van der Waals surface area contributed by atoms with Crippen LogP contribution in [0.25, 0.3) is 11.3 Å². The van der Waals surface area contributed by atoms with E-state index in [-0.39, 0.29) is 0 Å². The molecule has 0 atom stereocenters. The van der Waals surface area contributed by atoms with Crippen molar-refractivity contribution < 1.29 is 0 Å². The maximum absolute atomic E-state index is 6.17. The Morgan fingerprint density at radius 3 is 2.48 bits per heavy atom. The van der Waals surface area contributed by atoms with Crippen LogP contribution in [0.1, 0.15) is 11.3 Å². The fourth-order valence-electron chi connectivity index (χ4n) is 2.40. The van der Waals surface area contributed by atoms with Crippen molar-refractivity contribution in [2.45, 2.75) is 13.1 Å². The molecule has 3 rings (SSSR count). The third-order valence-corrected chi connectivity index (χ3v) is 4.32. The normalized spacial score (nSPS) is 10.9. The van der Waals surface area contributed by atoms with Gasteiger partial charge >= 0.3 is 0 Å². The summed E-state index contributed by atoms with van der Waals surface area (Å²) in [6.07, 6.45) is 0. The predicted molar refractivity (Wildman–Crippen MR) is 95.6 cm³/mol. The summed E-state index contributed by atoms with van der Waals surface area (Å²) in [7, 11) is 1.95. The Bertz CT molecular complexity index is 794. The van der Waals surface area contributed by atoms with Crippen molar-refractivity contribution >= 4 is 23.2 Å². The van der Waals surface area contributed by atoms with E-state index in [0.717, 1.165) is 45.6 Å². The van der Waals surface area contributed by atoms with Gasteiger partial charge in [-0.25, -0.2) is 0 Å². The molecule has 0 saturated heterocycles. The fraction of sp³-hybridized carbons (Fsp3) is 0.167. The minimum Gasteiger partial charge on any atom is -0.307 e. The molecule has 0 aliphatic carbocycles. The average molecular weight is 346 g/mol. The Kier molecular flexibility index (Phi) is 5.01. The molecule has 23 heavy (non-hydrogen) atoms. The minimum atomic E-state index is 0.723. The van der Waals surface area contributed by atoms with E-state index < -0.39 is 0 Å². The zero-order valence-electron chi connectivity index (χ0n) is 12.8. The monoisotopic (exact) mass is 345 g/mol. The van der Waals surface area contributed by atoms with Gasteiger partial charge in [-0.15, -0.1) is 0 Å². The van der Waals surface area contributed by atoms with Crippen LogP contribution in [-0.2, 0) is 20.1 Å². The number of nitrogens with zero attached hydrogens (tertiary/aromatic N) is 2. The topological polar surface area (TPSA) is 29.9 Å². The molecule has 3 nitrogen and oxygen atoms in total. The summed E-state index contributed by atoms with van der Waals surface area (Å²) in [6.45, 7) is 1.45. The van der Waals surface area contributed by atoms with E-state index in [1.807, 2.05) is 60.3 Å². The maximum Gasteiger partial charge on any atom is 0.0926 e. The van der Waals surface area contributed by atoms with Crippen molar-refractivity contribution in [2.75, 3.05) is 0 Å². The Morgan fingerprint density at radius 2 is 1.74 bits per heavy atom. The second-order valence-corrected chi connectivity index (χ2v) is 6.19. The average Bonchev–Trinajstić information content (AvgIpc) is 2.91. The number of benzene rings is 2. The van der Waals surface area contributed by atoms with Crippen molar-refractivity contribution in [3.63, 3.8) is 0 Å². The Labute approximate surface area is 145 Å². The van der Waals surface area contributed by atoms with Gasteiger partial charge in [0.2, 0.25) is 0 Å². The van der Waals surface area contributed by atoms with Crippen LogP contribution in [0.5, 0.6) is 0 Å². The van der Waals surface area contributed by atoms with Crippen LogP contribution in [-0.4, -0.2) is 9.78 Å². The summed E-state index contributed by atoms with van der Waals surface area (Å²) >= 11 is 12.1. The molecule has 1 heterocycles. The molecule has 118 valence electrons. The Balaban J connectivity index is 1.67. The van der Waals surface area contributed by atoms with Crippen LogP contribution in [0, 0.1) is 0 Å². The first-order valence-electron chi connectivity index (χ1n) is 7.36. The van der Waals surface area contributed by atoms with Crippen LogP contribution in [0.2, 0.25) is 10.0 Å². The summed E-state index contributed by atoms with van der Waals surface area (Å²) in [4.78, 5) is 0. The fourth-order valence-corrected chi connectivity index (χ4v) is 2.73. The van der Waals surface area contributed by atoms with Crippen molar-refractivity contribution in [3.8, 4) is 11.3 Å². The third-order valence-electron chi connectivity index (χ3n) is 3.70. The van der Waals surface area contributed by atoms with E-state index in [2.05, 4.69) is 16.5 Å². The summed E-state index contributed by atoms with van der Waals surface area (Å²) in [5, 5.41) is 9.48. The predicted octanol–water partition coefficient (Wildman–Crippen LogP) is 4.68. The lowest BCUT2D eigenvalue weighted by Gasteiger charge is -2.06. The lowest BCUT2D eigenvalue weighted by molar-refractivity contribution is 0.627. The van der Waals surface area contributed by atoms with Crippen molar-refractivity contribution in [1.29, 1.82) is 0 Å². The molecule has 1 N–H and O–H groups in total. The van der Waals surface area contributed by atoms with Gasteiger partial charge in [-0.2, -0.15) is 5.10 Å². The maximum atomic E-state index is 6.17. The van der Waals surface area contributed by atoms with E-state index in [1.165, 1.54) is 0 Å². The third kappa shape index (κ3) is 3.94. The van der Waals surface area contributed by atoms with Gasteiger partial charge < -0.3 is 5.32 Å². The Morgan fingerprint density at radius 1 is 1.00 bits per heavy atom. The molecule has 1 aromatic heterocycles. The standard InChI is InChI=1S/C18H17Cl2N3/c1-23-16(12-21-11-14-4-2-3-5-17(14)20)10-18(22-23)13-6-8-15(19)9-7-13/h2-10,21H,11-12H2,1H3. The second kappa shape index (κ2) is 7.18. The lowest BCUT2D eigenvalue weighted by Crippen LogP contribution is -2.15. The number of hydrogen-bond donors (Lipinski definition) is 1. The van der Waals surface area contributed by atoms with Crippen LogP contribution in [0.3, 0.4) is 0 Å². The molecule has 0 amide bonds. The SMILES string of the molecule is Cn1nc(-c2ccc(Cl)cc2)cc1CNCc1ccccc1Cl. The largest absolute Gasteiger partial charge is 0.307 e. The Hall–Kier alpha value is -1.81. The molecule has 0 saturated carbocycles. The molecule has 0 radical (unpaired) electrons. The van der Waals surface area contributed by atoms with Crippen LogP contribution < -0.4 is 5.32 Å². The number of halogens is 2. The molecule has 0 bridgehead atoms. The van der Waals surface area contributed by atoms with Crippen LogP contribution in [0.15, 0.2) is 54.6 Å². The summed E-state index contributed by atoms with van der Waals surface area (Å²) in [6, 6.07) is 17.7. The lowest BCUT2D eigenvalue weighted by atomic mass is 10.1. The minimum absolute atomic E-state index is 0.723. The van der Waals surface area contributed by atoms with Gasteiger partial charge in [0.05, 0.1) is 11.4 Å². The van der Waals surface area contributed by atoms with Crippen LogP contribution in [0.4, 0.5) is 0 Å². The van der Waals surface area contributed by atoms with Gasteiger partial charge in [0.1, 0.15) is 0 Å². The first-order valence-corrected chi connectivity index (χ1v) is 8.12. The molecular weight excluding hydrogens is 329 g/mol. The molecule has 0 aliphatic rings.